The number of hydrogen-bond donors (Lipinski definition) is 0. The van der Waals surface area contributed by atoms with Crippen LogP contribution in [-0.2, 0) is 11.2 Å². The molecule has 1 saturated heterocycles. The zero-order valence-electron chi connectivity index (χ0n) is 12.7. The number of amides is 2. The van der Waals surface area contributed by atoms with Gasteiger partial charge in [-0.25, -0.2) is 4.98 Å². The molecule has 1 aliphatic heterocycles. The van der Waals surface area contributed by atoms with Gasteiger partial charge in [0.25, 0.3) is 5.91 Å². The van der Waals surface area contributed by atoms with Crippen LogP contribution in [0.3, 0.4) is 0 Å². The molecule has 3 rings (SSSR count). The fourth-order valence-electron chi connectivity index (χ4n) is 2.62. The van der Waals surface area contributed by atoms with Gasteiger partial charge in [-0.05, 0) is 28.8 Å². The van der Waals surface area contributed by atoms with Gasteiger partial charge in [0.2, 0.25) is 5.91 Å². The van der Waals surface area contributed by atoms with Crippen LogP contribution in [0.2, 0.25) is 0 Å². The van der Waals surface area contributed by atoms with Crippen molar-refractivity contribution in [2.24, 2.45) is 0 Å². The van der Waals surface area contributed by atoms with Crippen molar-refractivity contribution in [1.29, 1.82) is 0 Å². The van der Waals surface area contributed by atoms with Crippen LogP contribution in [0.5, 0.6) is 0 Å². The minimum atomic E-state index is -0.120. The van der Waals surface area contributed by atoms with E-state index in [-0.39, 0.29) is 11.8 Å². The summed E-state index contributed by atoms with van der Waals surface area (Å²) in [6, 6.07) is 1.98. The van der Waals surface area contributed by atoms with E-state index in [0.29, 0.717) is 38.3 Å². The molecule has 0 aromatic carbocycles. The quantitative estimate of drug-likeness (QED) is 0.854. The Morgan fingerprint density at radius 1 is 1.13 bits per heavy atom. The molecule has 0 aliphatic carbocycles. The van der Waals surface area contributed by atoms with Gasteiger partial charge in [-0.2, -0.15) is 11.3 Å². The molecule has 7 heteroatoms. The number of nitrogens with zero attached hydrogens (tertiary/aromatic N) is 4. The van der Waals surface area contributed by atoms with Gasteiger partial charge >= 0.3 is 0 Å². The summed E-state index contributed by atoms with van der Waals surface area (Å²) in [5.74, 6) is 0.00225. The minimum absolute atomic E-state index is 0.120. The number of hydrogen-bond acceptors (Lipinski definition) is 5. The predicted molar refractivity (Wildman–Crippen MR) is 87.2 cm³/mol. The highest BCUT2D eigenvalue weighted by Gasteiger charge is 2.23. The molecule has 0 atom stereocenters. The Kier molecular flexibility index (Phi) is 4.97. The van der Waals surface area contributed by atoms with Crippen LogP contribution in [0.15, 0.2) is 35.4 Å². The molecule has 2 aromatic rings. The minimum Gasteiger partial charge on any atom is -0.341 e. The first kappa shape index (κ1) is 15.6. The van der Waals surface area contributed by atoms with Crippen LogP contribution in [0.1, 0.15) is 22.5 Å². The summed E-state index contributed by atoms with van der Waals surface area (Å²) in [6.45, 7) is 2.42. The summed E-state index contributed by atoms with van der Waals surface area (Å²) in [7, 11) is 0. The van der Waals surface area contributed by atoms with Gasteiger partial charge < -0.3 is 9.80 Å². The Labute approximate surface area is 138 Å². The molecule has 6 nitrogen and oxygen atoms in total. The number of aromatic nitrogens is 2. The third-order valence-electron chi connectivity index (χ3n) is 3.85. The molecule has 120 valence electrons. The second-order valence-corrected chi connectivity index (χ2v) is 6.21. The molecular formula is C16H18N4O2S. The van der Waals surface area contributed by atoms with Crippen molar-refractivity contribution in [2.75, 3.05) is 26.2 Å². The van der Waals surface area contributed by atoms with Gasteiger partial charge in [0.15, 0.2) is 0 Å². The van der Waals surface area contributed by atoms with Gasteiger partial charge in [-0.1, -0.05) is 0 Å². The summed E-state index contributed by atoms with van der Waals surface area (Å²) in [5.41, 5.74) is 1.40. The third-order valence-corrected chi connectivity index (χ3v) is 4.59. The Balaban J connectivity index is 1.59. The molecule has 0 bridgehead atoms. The summed E-state index contributed by atoms with van der Waals surface area (Å²) >= 11 is 1.60. The fraction of sp³-hybridized carbons (Fsp3) is 0.375. The average molecular weight is 330 g/mol. The Bertz CT molecular complexity index is 660. The first-order valence-corrected chi connectivity index (χ1v) is 8.52. The highest BCUT2D eigenvalue weighted by Crippen LogP contribution is 2.11. The lowest BCUT2D eigenvalue weighted by Crippen LogP contribution is -2.38. The molecule has 1 aliphatic rings. The lowest BCUT2D eigenvalue weighted by atomic mass is 10.2. The van der Waals surface area contributed by atoms with Gasteiger partial charge in [-0.3, -0.25) is 14.6 Å². The number of carbonyl (C=O) groups excluding carboxylic acids is 2. The summed E-state index contributed by atoms with van der Waals surface area (Å²) in [4.78, 5) is 36.4. The summed E-state index contributed by atoms with van der Waals surface area (Å²) < 4.78 is 0. The number of carbonyl (C=O) groups is 2. The molecule has 2 amide bonds. The second-order valence-electron chi connectivity index (χ2n) is 5.43. The number of rotatable bonds is 3. The average Bonchev–Trinajstić information content (AvgIpc) is 2.96. The predicted octanol–water partition coefficient (Wildman–Crippen LogP) is 1.46. The van der Waals surface area contributed by atoms with E-state index in [4.69, 9.17) is 0 Å². The first-order valence-electron chi connectivity index (χ1n) is 7.58. The van der Waals surface area contributed by atoms with Crippen molar-refractivity contribution in [3.05, 3.63) is 46.7 Å². The highest BCUT2D eigenvalue weighted by molar-refractivity contribution is 7.08. The zero-order chi connectivity index (χ0) is 16.1. The largest absolute Gasteiger partial charge is 0.341 e. The Hall–Kier alpha value is -2.28. The topological polar surface area (TPSA) is 66.4 Å². The SMILES string of the molecule is O=C(Cc1ccsc1)N1CCCN(C(=O)c2cnccn2)CC1. The maximum absolute atomic E-state index is 12.4. The van der Waals surface area contributed by atoms with E-state index in [2.05, 4.69) is 9.97 Å². The first-order chi connectivity index (χ1) is 11.2. The Morgan fingerprint density at radius 2 is 1.96 bits per heavy atom. The van der Waals surface area contributed by atoms with Crippen molar-refractivity contribution in [1.82, 2.24) is 19.8 Å². The standard InChI is InChI=1S/C16H18N4O2S/c21-15(10-13-2-9-23-12-13)19-5-1-6-20(8-7-19)16(22)14-11-17-3-4-18-14/h2-4,9,11-12H,1,5-8,10H2. The zero-order valence-corrected chi connectivity index (χ0v) is 13.5. The lowest BCUT2D eigenvalue weighted by molar-refractivity contribution is -0.130. The molecular weight excluding hydrogens is 312 g/mol. The van der Waals surface area contributed by atoms with Crippen molar-refractivity contribution in [3.8, 4) is 0 Å². The highest BCUT2D eigenvalue weighted by atomic mass is 32.1. The summed E-state index contributed by atoms with van der Waals surface area (Å²) in [6.07, 6.45) is 5.75. The molecule has 3 heterocycles. The molecule has 0 radical (unpaired) electrons. The van der Waals surface area contributed by atoms with Gasteiger partial charge in [0.1, 0.15) is 5.69 Å². The third kappa shape index (κ3) is 3.92. The van der Waals surface area contributed by atoms with Gasteiger partial charge in [0, 0.05) is 38.6 Å². The van der Waals surface area contributed by atoms with E-state index < -0.39 is 0 Å². The molecule has 0 unspecified atom stereocenters. The Morgan fingerprint density at radius 3 is 2.70 bits per heavy atom. The number of thiophene rings is 1. The summed E-state index contributed by atoms with van der Waals surface area (Å²) in [5, 5.41) is 3.98. The van der Waals surface area contributed by atoms with Crippen LogP contribution in [0, 0.1) is 0 Å². The van der Waals surface area contributed by atoms with Crippen LogP contribution in [-0.4, -0.2) is 57.8 Å². The smallest absolute Gasteiger partial charge is 0.274 e. The molecule has 0 N–H and O–H groups in total. The fourth-order valence-corrected chi connectivity index (χ4v) is 3.29. The van der Waals surface area contributed by atoms with Crippen LogP contribution < -0.4 is 0 Å². The van der Waals surface area contributed by atoms with Gasteiger partial charge in [0.05, 0.1) is 12.6 Å². The van der Waals surface area contributed by atoms with E-state index in [9.17, 15) is 9.59 Å². The van der Waals surface area contributed by atoms with E-state index >= 15 is 0 Å². The molecule has 0 saturated carbocycles. The maximum Gasteiger partial charge on any atom is 0.274 e. The molecule has 0 spiro atoms. The van der Waals surface area contributed by atoms with Crippen LogP contribution in [0.4, 0.5) is 0 Å². The van der Waals surface area contributed by atoms with E-state index in [0.717, 1.165) is 12.0 Å². The second kappa shape index (κ2) is 7.32. The van der Waals surface area contributed by atoms with Gasteiger partial charge in [-0.15, -0.1) is 0 Å². The van der Waals surface area contributed by atoms with Crippen molar-refractivity contribution in [3.63, 3.8) is 0 Å². The maximum atomic E-state index is 12.4. The van der Waals surface area contributed by atoms with E-state index in [1.165, 1.54) is 12.4 Å². The van der Waals surface area contributed by atoms with Crippen molar-refractivity contribution < 1.29 is 9.59 Å². The monoisotopic (exact) mass is 330 g/mol. The lowest BCUT2D eigenvalue weighted by Gasteiger charge is -2.21. The van der Waals surface area contributed by atoms with E-state index in [1.54, 1.807) is 22.4 Å². The molecule has 2 aromatic heterocycles. The molecule has 23 heavy (non-hydrogen) atoms. The van der Waals surface area contributed by atoms with E-state index in [1.807, 2.05) is 21.7 Å². The van der Waals surface area contributed by atoms with Crippen LogP contribution in [0.25, 0.3) is 0 Å². The normalized spacial score (nSPS) is 15.3. The van der Waals surface area contributed by atoms with Crippen molar-refractivity contribution >= 4 is 23.2 Å². The van der Waals surface area contributed by atoms with Crippen molar-refractivity contribution in [2.45, 2.75) is 12.8 Å². The molecule has 1 fully saturated rings. The van der Waals surface area contributed by atoms with Crippen LogP contribution >= 0.6 is 11.3 Å².